The number of morpholine rings is 1. The number of benzene rings is 2. The summed E-state index contributed by atoms with van der Waals surface area (Å²) in [6, 6.07) is 17.7. The van der Waals surface area contributed by atoms with Gasteiger partial charge in [0.2, 0.25) is 0 Å². The standard InChI is InChI=1S/C24H32N2O3/c1-19(2)15-22(26-11-13-28-14-12-26)17-25-24(27)21-9-6-10-23(16-21)29-18-20-7-4-3-5-8-20/h3-10,16,19,22H,11-15,17-18H2,1-2H3,(H,25,27). The van der Waals surface area contributed by atoms with Gasteiger partial charge in [0.15, 0.2) is 0 Å². The zero-order valence-electron chi connectivity index (χ0n) is 17.5. The molecule has 1 aliphatic heterocycles. The topological polar surface area (TPSA) is 50.8 Å². The Labute approximate surface area is 174 Å². The summed E-state index contributed by atoms with van der Waals surface area (Å²) in [5.74, 6) is 1.22. The lowest BCUT2D eigenvalue weighted by molar-refractivity contribution is 0.0124. The average Bonchev–Trinajstić information content (AvgIpc) is 2.76. The van der Waals surface area contributed by atoms with Crippen molar-refractivity contribution in [1.82, 2.24) is 10.2 Å². The summed E-state index contributed by atoms with van der Waals surface area (Å²) >= 11 is 0. The Bertz CT molecular complexity index is 758. The number of amides is 1. The molecular formula is C24H32N2O3. The van der Waals surface area contributed by atoms with Crippen LogP contribution >= 0.6 is 0 Å². The number of hydrogen-bond acceptors (Lipinski definition) is 4. The Balaban J connectivity index is 1.56. The number of carbonyl (C=O) groups is 1. The van der Waals surface area contributed by atoms with Crippen molar-refractivity contribution in [2.24, 2.45) is 5.92 Å². The molecule has 5 heteroatoms. The summed E-state index contributed by atoms with van der Waals surface area (Å²) in [4.78, 5) is 15.2. The SMILES string of the molecule is CC(C)CC(CNC(=O)c1cccc(OCc2ccccc2)c1)N1CCOCC1. The third kappa shape index (κ3) is 6.87. The van der Waals surface area contributed by atoms with Gasteiger partial charge in [0, 0.05) is 31.2 Å². The second kappa shape index (κ2) is 11.0. The van der Waals surface area contributed by atoms with E-state index in [4.69, 9.17) is 9.47 Å². The Hall–Kier alpha value is -2.37. The highest BCUT2D eigenvalue weighted by Gasteiger charge is 2.22. The second-order valence-electron chi connectivity index (χ2n) is 7.94. The van der Waals surface area contributed by atoms with Crippen LogP contribution in [0, 0.1) is 5.92 Å². The normalized spacial score (nSPS) is 15.8. The highest BCUT2D eigenvalue weighted by molar-refractivity contribution is 5.94. The molecule has 0 radical (unpaired) electrons. The molecule has 1 saturated heterocycles. The molecule has 156 valence electrons. The Kier molecular flexibility index (Phi) is 8.08. The number of ether oxygens (including phenoxy) is 2. The number of nitrogens with one attached hydrogen (secondary N) is 1. The van der Waals surface area contributed by atoms with E-state index in [1.54, 1.807) is 0 Å². The van der Waals surface area contributed by atoms with Gasteiger partial charge in [-0.3, -0.25) is 9.69 Å². The fraction of sp³-hybridized carbons (Fsp3) is 0.458. The van der Waals surface area contributed by atoms with Gasteiger partial charge in [-0.2, -0.15) is 0 Å². The fourth-order valence-corrected chi connectivity index (χ4v) is 3.63. The molecule has 1 N–H and O–H groups in total. The first kappa shape index (κ1) is 21.3. The highest BCUT2D eigenvalue weighted by atomic mass is 16.5. The minimum Gasteiger partial charge on any atom is -0.489 e. The van der Waals surface area contributed by atoms with E-state index >= 15 is 0 Å². The minimum atomic E-state index is -0.0582. The van der Waals surface area contributed by atoms with E-state index in [2.05, 4.69) is 24.1 Å². The summed E-state index contributed by atoms with van der Waals surface area (Å²) in [5.41, 5.74) is 1.73. The molecule has 1 aliphatic rings. The largest absolute Gasteiger partial charge is 0.489 e. The molecule has 1 amide bonds. The predicted octanol–water partition coefficient (Wildman–Crippen LogP) is 3.74. The van der Waals surface area contributed by atoms with Crippen LogP contribution in [0.3, 0.4) is 0 Å². The van der Waals surface area contributed by atoms with E-state index in [0.29, 0.717) is 36.4 Å². The van der Waals surface area contributed by atoms with E-state index < -0.39 is 0 Å². The van der Waals surface area contributed by atoms with Gasteiger partial charge in [-0.05, 0) is 36.1 Å². The van der Waals surface area contributed by atoms with Crippen LogP contribution in [-0.4, -0.2) is 49.7 Å². The van der Waals surface area contributed by atoms with E-state index in [1.165, 1.54) is 0 Å². The molecule has 1 heterocycles. The second-order valence-corrected chi connectivity index (χ2v) is 7.94. The van der Waals surface area contributed by atoms with Crippen molar-refractivity contribution in [3.63, 3.8) is 0 Å². The monoisotopic (exact) mass is 396 g/mol. The lowest BCUT2D eigenvalue weighted by Crippen LogP contribution is -2.49. The summed E-state index contributed by atoms with van der Waals surface area (Å²) in [6.07, 6.45) is 1.06. The number of nitrogens with zero attached hydrogens (tertiary/aromatic N) is 1. The molecule has 2 aromatic rings. The van der Waals surface area contributed by atoms with Gasteiger partial charge in [0.05, 0.1) is 13.2 Å². The average molecular weight is 397 g/mol. The zero-order valence-corrected chi connectivity index (χ0v) is 17.5. The first-order chi connectivity index (χ1) is 14.1. The lowest BCUT2D eigenvalue weighted by Gasteiger charge is -2.35. The molecular weight excluding hydrogens is 364 g/mol. The first-order valence-electron chi connectivity index (χ1n) is 10.5. The van der Waals surface area contributed by atoms with Gasteiger partial charge in [-0.1, -0.05) is 50.2 Å². The van der Waals surface area contributed by atoms with E-state index in [1.807, 2.05) is 54.6 Å². The predicted molar refractivity (Wildman–Crippen MR) is 115 cm³/mol. The van der Waals surface area contributed by atoms with E-state index in [0.717, 1.165) is 38.3 Å². The van der Waals surface area contributed by atoms with Gasteiger partial charge in [-0.25, -0.2) is 0 Å². The van der Waals surface area contributed by atoms with Crippen molar-refractivity contribution in [2.45, 2.75) is 32.9 Å². The number of carbonyl (C=O) groups excluding carboxylic acids is 1. The van der Waals surface area contributed by atoms with E-state index in [-0.39, 0.29) is 5.91 Å². The molecule has 0 spiro atoms. The van der Waals surface area contributed by atoms with Crippen LogP contribution in [0.4, 0.5) is 0 Å². The molecule has 1 unspecified atom stereocenters. The third-order valence-electron chi connectivity index (χ3n) is 5.15. The van der Waals surface area contributed by atoms with Gasteiger partial charge >= 0.3 is 0 Å². The molecule has 29 heavy (non-hydrogen) atoms. The lowest BCUT2D eigenvalue weighted by atomic mass is 10.0. The van der Waals surface area contributed by atoms with Crippen molar-refractivity contribution in [2.75, 3.05) is 32.8 Å². The quantitative estimate of drug-likeness (QED) is 0.702. The van der Waals surface area contributed by atoms with Gasteiger partial charge < -0.3 is 14.8 Å². The van der Waals surface area contributed by atoms with Gasteiger partial charge in [0.25, 0.3) is 5.91 Å². The molecule has 5 nitrogen and oxygen atoms in total. The summed E-state index contributed by atoms with van der Waals surface area (Å²) in [7, 11) is 0. The van der Waals surface area contributed by atoms with Gasteiger partial charge in [0.1, 0.15) is 12.4 Å². The van der Waals surface area contributed by atoms with Crippen molar-refractivity contribution < 1.29 is 14.3 Å². The molecule has 0 bridgehead atoms. The third-order valence-corrected chi connectivity index (χ3v) is 5.15. The Morgan fingerprint density at radius 2 is 1.86 bits per heavy atom. The first-order valence-corrected chi connectivity index (χ1v) is 10.5. The summed E-state index contributed by atoms with van der Waals surface area (Å²) in [6.45, 7) is 8.97. The van der Waals surface area contributed by atoms with Crippen LogP contribution in [0.25, 0.3) is 0 Å². The fourth-order valence-electron chi connectivity index (χ4n) is 3.63. The molecule has 0 aromatic heterocycles. The van der Waals surface area contributed by atoms with Crippen LogP contribution < -0.4 is 10.1 Å². The van der Waals surface area contributed by atoms with Crippen LogP contribution in [0.15, 0.2) is 54.6 Å². The molecule has 1 atom stereocenters. The molecule has 0 saturated carbocycles. The Morgan fingerprint density at radius 1 is 1.10 bits per heavy atom. The molecule has 2 aromatic carbocycles. The maximum atomic E-state index is 12.7. The number of rotatable bonds is 9. The maximum absolute atomic E-state index is 12.7. The van der Waals surface area contributed by atoms with Gasteiger partial charge in [-0.15, -0.1) is 0 Å². The summed E-state index contributed by atoms with van der Waals surface area (Å²) < 4.78 is 11.3. The highest BCUT2D eigenvalue weighted by Crippen LogP contribution is 2.16. The Morgan fingerprint density at radius 3 is 2.59 bits per heavy atom. The molecule has 0 aliphatic carbocycles. The van der Waals surface area contributed by atoms with Crippen molar-refractivity contribution >= 4 is 5.91 Å². The smallest absolute Gasteiger partial charge is 0.251 e. The van der Waals surface area contributed by atoms with Crippen LogP contribution in [-0.2, 0) is 11.3 Å². The summed E-state index contributed by atoms with van der Waals surface area (Å²) in [5, 5.41) is 3.13. The zero-order chi connectivity index (χ0) is 20.5. The molecule has 1 fully saturated rings. The van der Waals surface area contributed by atoms with Crippen molar-refractivity contribution in [3.8, 4) is 5.75 Å². The van der Waals surface area contributed by atoms with Crippen LogP contribution in [0.1, 0.15) is 36.2 Å². The number of hydrogen-bond donors (Lipinski definition) is 1. The molecule has 3 rings (SSSR count). The van der Waals surface area contributed by atoms with Crippen LogP contribution in [0.2, 0.25) is 0 Å². The van der Waals surface area contributed by atoms with Crippen molar-refractivity contribution in [1.29, 1.82) is 0 Å². The van der Waals surface area contributed by atoms with Crippen LogP contribution in [0.5, 0.6) is 5.75 Å². The van der Waals surface area contributed by atoms with Crippen molar-refractivity contribution in [3.05, 3.63) is 65.7 Å². The minimum absolute atomic E-state index is 0.0582. The maximum Gasteiger partial charge on any atom is 0.251 e. The van der Waals surface area contributed by atoms with E-state index in [9.17, 15) is 4.79 Å².